The number of halogens is 2. The zero-order chi connectivity index (χ0) is 14.0. The van der Waals surface area contributed by atoms with Gasteiger partial charge >= 0.3 is 0 Å². The number of anilines is 2. The third kappa shape index (κ3) is 2.96. The summed E-state index contributed by atoms with van der Waals surface area (Å²) in [7, 11) is 1.58. The Morgan fingerprint density at radius 1 is 1.26 bits per heavy atom. The molecule has 3 nitrogen and oxygen atoms in total. The second-order valence-corrected chi connectivity index (χ2v) is 5.44. The van der Waals surface area contributed by atoms with Crippen LogP contribution in [0, 0.1) is 23.5 Å². The highest BCUT2D eigenvalue weighted by Gasteiger charge is 2.25. The van der Waals surface area contributed by atoms with Crippen molar-refractivity contribution in [2.75, 3.05) is 30.4 Å². The summed E-state index contributed by atoms with van der Waals surface area (Å²) in [5.74, 6) is 0.459. The summed E-state index contributed by atoms with van der Waals surface area (Å²) in [6.45, 7) is 6.00. The van der Waals surface area contributed by atoms with Crippen LogP contribution >= 0.6 is 0 Å². The molecule has 0 bridgehead atoms. The van der Waals surface area contributed by atoms with Gasteiger partial charge in [-0.25, -0.2) is 13.8 Å². The Balaban J connectivity index is 2.15. The Bertz CT molecular complexity index is 441. The maximum Gasteiger partial charge on any atom is 0.168 e. The van der Waals surface area contributed by atoms with E-state index in [-0.39, 0.29) is 11.6 Å². The Morgan fingerprint density at radius 3 is 2.42 bits per heavy atom. The van der Waals surface area contributed by atoms with Crippen molar-refractivity contribution in [1.29, 1.82) is 0 Å². The van der Waals surface area contributed by atoms with Crippen LogP contribution < -0.4 is 10.2 Å². The quantitative estimate of drug-likeness (QED) is 0.912. The Hall–Kier alpha value is -1.39. The van der Waals surface area contributed by atoms with Crippen molar-refractivity contribution < 1.29 is 8.78 Å². The molecule has 0 radical (unpaired) electrons. The maximum absolute atomic E-state index is 13.8. The van der Waals surface area contributed by atoms with Gasteiger partial charge in [-0.2, -0.15) is 0 Å². The van der Waals surface area contributed by atoms with Gasteiger partial charge in [0.05, 0.1) is 0 Å². The lowest BCUT2D eigenvalue weighted by Gasteiger charge is -2.34. The van der Waals surface area contributed by atoms with Crippen LogP contribution in [0.15, 0.2) is 6.07 Å². The molecule has 0 spiro atoms. The molecule has 1 aromatic rings. The Labute approximate surface area is 113 Å². The molecule has 0 atom stereocenters. The molecule has 0 saturated carbocycles. The molecule has 0 aliphatic carbocycles. The van der Waals surface area contributed by atoms with Gasteiger partial charge in [0.25, 0.3) is 0 Å². The third-order valence-corrected chi connectivity index (χ3v) is 3.93. The monoisotopic (exact) mass is 269 g/mol. The van der Waals surface area contributed by atoms with Crippen molar-refractivity contribution >= 4 is 11.6 Å². The SMILES string of the molecule is CNc1nc(N2CCC(C(C)C)CC2)c(F)cc1F. The summed E-state index contributed by atoms with van der Waals surface area (Å²) in [6.07, 6.45) is 2.07. The molecule has 1 aromatic heterocycles. The molecule has 1 aliphatic heterocycles. The van der Waals surface area contributed by atoms with E-state index in [2.05, 4.69) is 24.1 Å². The maximum atomic E-state index is 13.8. The van der Waals surface area contributed by atoms with Crippen molar-refractivity contribution in [3.63, 3.8) is 0 Å². The normalized spacial score (nSPS) is 17.1. The molecule has 1 saturated heterocycles. The lowest BCUT2D eigenvalue weighted by Crippen LogP contribution is -2.36. The number of nitrogens with zero attached hydrogens (tertiary/aromatic N) is 2. The third-order valence-electron chi connectivity index (χ3n) is 3.93. The van der Waals surface area contributed by atoms with Crippen molar-refractivity contribution in [2.45, 2.75) is 26.7 Å². The van der Waals surface area contributed by atoms with E-state index in [4.69, 9.17) is 0 Å². The predicted molar refractivity (Wildman–Crippen MR) is 73.5 cm³/mol. The summed E-state index contributed by atoms with van der Waals surface area (Å²) < 4.78 is 27.2. The minimum absolute atomic E-state index is 0.0994. The first-order valence-electron chi connectivity index (χ1n) is 6.81. The van der Waals surface area contributed by atoms with E-state index in [0.717, 1.165) is 32.0 Å². The molecule has 2 heterocycles. The molecule has 1 N–H and O–H groups in total. The zero-order valence-corrected chi connectivity index (χ0v) is 11.7. The van der Waals surface area contributed by atoms with E-state index < -0.39 is 11.6 Å². The van der Waals surface area contributed by atoms with Crippen LogP contribution in [0.2, 0.25) is 0 Å². The molecule has 2 rings (SSSR count). The first kappa shape index (κ1) is 14.0. The van der Waals surface area contributed by atoms with Crippen LogP contribution in [0.25, 0.3) is 0 Å². The molecule has 106 valence electrons. The average Bonchev–Trinajstić information content (AvgIpc) is 2.39. The molecular weight excluding hydrogens is 248 g/mol. The number of rotatable bonds is 3. The largest absolute Gasteiger partial charge is 0.371 e. The van der Waals surface area contributed by atoms with Crippen molar-refractivity contribution in [3.05, 3.63) is 17.7 Å². The number of nitrogens with one attached hydrogen (secondary N) is 1. The minimum atomic E-state index is -0.652. The molecule has 0 aromatic carbocycles. The second-order valence-electron chi connectivity index (χ2n) is 5.44. The van der Waals surface area contributed by atoms with E-state index in [9.17, 15) is 8.78 Å². The molecular formula is C14H21F2N3. The number of piperidine rings is 1. The van der Waals surface area contributed by atoms with E-state index in [1.807, 2.05) is 4.90 Å². The van der Waals surface area contributed by atoms with Gasteiger partial charge in [0, 0.05) is 26.2 Å². The summed E-state index contributed by atoms with van der Waals surface area (Å²) in [4.78, 5) is 5.96. The summed E-state index contributed by atoms with van der Waals surface area (Å²) >= 11 is 0. The van der Waals surface area contributed by atoms with Gasteiger partial charge in [0.15, 0.2) is 23.3 Å². The van der Waals surface area contributed by atoms with Crippen LogP contribution in [0.1, 0.15) is 26.7 Å². The Morgan fingerprint density at radius 2 is 1.89 bits per heavy atom. The van der Waals surface area contributed by atoms with Gasteiger partial charge in [-0.3, -0.25) is 0 Å². The average molecular weight is 269 g/mol. The molecule has 0 unspecified atom stereocenters. The number of hydrogen-bond acceptors (Lipinski definition) is 3. The van der Waals surface area contributed by atoms with Crippen LogP contribution in [0.5, 0.6) is 0 Å². The lowest BCUT2D eigenvalue weighted by molar-refractivity contribution is 0.309. The van der Waals surface area contributed by atoms with E-state index in [1.54, 1.807) is 7.05 Å². The molecule has 1 fully saturated rings. The standard InChI is InChI=1S/C14H21F2N3/c1-9(2)10-4-6-19(7-5-10)14-12(16)8-11(15)13(17-3)18-14/h8-10H,4-7H2,1-3H3,(H,17,18). The summed E-state index contributed by atoms with van der Waals surface area (Å²) in [5.41, 5.74) is 0. The summed E-state index contributed by atoms with van der Waals surface area (Å²) in [5, 5.41) is 2.65. The van der Waals surface area contributed by atoms with E-state index >= 15 is 0 Å². The van der Waals surface area contributed by atoms with Gasteiger partial charge in [-0.1, -0.05) is 13.8 Å². The van der Waals surface area contributed by atoms with Crippen molar-refractivity contribution in [3.8, 4) is 0 Å². The number of aromatic nitrogens is 1. The van der Waals surface area contributed by atoms with Gasteiger partial charge in [-0.05, 0) is 24.7 Å². The van der Waals surface area contributed by atoms with Crippen LogP contribution in [-0.2, 0) is 0 Å². The van der Waals surface area contributed by atoms with Crippen molar-refractivity contribution in [2.24, 2.45) is 11.8 Å². The highest BCUT2D eigenvalue weighted by Crippen LogP contribution is 2.29. The minimum Gasteiger partial charge on any atom is -0.371 e. The van der Waals surface area contributed by atoms with Crippen LogP contribution in [-0.4, -0.2) is 25.1 Å². The van der Waals surface area contributed by atoms with E-state index in [1.165, 1.54) is 0 Å². The Kier molecular flexibility index (Phi) is 4.22. The van der Waals surface area contributed by atoms with Crippen LogP contribution in [0.4, 0.5) is 20.4 Å². The fraction of sp³-hybridized carbons (Fsp3) is 0.643. The predicted octanol–water partition coefficient (Wildman–Crippen LogP) is 3.27. The molecule has 19 heavy (non-hydrogen) atoms. The van der Waals surface area contributed by atoms with E-state index in [0.29, 0.717) is 11.8 Å². The smallest absolute Gasteiger partial charge is 0.168 e. The first-order chi connectivity index (χ1) is 9.02. The number of hydrogen-bond donors (Lipinski definition) is 1. The van der Waals surface area contributed by atoms with Crippen LogP contribution in [0.3, 0.4) is 0 Å². The topological polar surface area (TPSA) is 28.2 Å². The van der Waals surface area contributed by atoms with Gasteiger partial charge in [0.2, 0.25) is 0 Å². The molecule has 1 aliphatic rings. The molecule has 0 amide bonds. The van der Waals surface area contributed by atoms with Gasteiger partial charge < -0.3 is 10.2 Å². The lowest BCUT2D eigenvalue weighted by atomic mass is 9.87. The summed E-state index contributed by atoms with van der Waals surface area (Å²) in [6, 6.07) is 0.905. The van der Waals surface area contributed by atoms with Gasteiger partial charge in [0.1, 0.15) is 0 Å². The second kappa shape index (κ2) is 5.72. The molecule has 5 heteroatoms. The van der Waals surface area contributed by atoms with Crippen molar-refractivity contribution in [1.82, 2.24) is 4.98 Å². The first-order valence-corrected chi connectivity index (χ1v) is 6.81. The van der Waals surface area contributed by atoms with Gasteiger partial charge in [-0.15, -0.1) is 0 Å². The number of pyridine rings is 1. The fourth-order valence-electron chi connectivity index (χ4n) is 2.63. The highest BCUT2D eigenvalue weighted by molar-refractivity contribution is 5.49. The zero-order valence-electron chi connectivity index (χ0n) is 11.7. The highest BCUT2D eigenvalue weighted by atomic mass is 19.1. The fourth-order valence-corrected chi connectivity index (χ4v) is 2.63.